The second kappa shape index (κ2) is 5.79. The second-order valence-electron chi connectivity index (χ2n) is 8.35. The molecule has 0 N–H and O–H groups in total. The molecule has 1 fully saturated rings. The molecule has 3 aliphatic carbocycles. The van der Waals surface area contributed by atoms with Gasteiger partial charge >= 0.3 is 0 Å². The molecule has 0 saturated carbocycles. The van der Waals surface area contributed by atoms with Crippen LogP contribution >= 0.6 is 22.6 Å². The standard InChI is InChI=1S/C25H18INO2/c1-25-18-8-4-2-6-16(18)20(17-7-3-5-9-19(17)25)21-22(25)24(29)27(23(21)28)15-12-10-14(26)11-13-15/h2-13,20-22H,1H3/t20?,21-,22+,25?/m0/s1. The molecule has 2 atom stereocenters. The van der Waals surface area contributed by atoms with Crippen molar-refractivity contribution in [2.45, 2.75) is 18.3 Å². The molecule has 2 bridgehead atoms. The van der Waals surface area contributed by atoms with Gasteiger partial charge in [0.15, 0.2) is 0 Å². The van der Waals surface area contributed by atoms with Crippen LogP contribution in [0.4, 0.5) is 5.69 Å². The topological polar surface area (TPSA) is 37.4 Å². The molecule has 2 amide bonds. The second-order valence-corrected chi connectivity index (χ2v) is 9.59. The number of halogens is 1. The predicted octanol–water partition coefficient (Wildman–Crippen LogP) is 4.86. The molecule has 3 nitrogen and oxygen atoms in total. The first kappa shape index (κ1) is 17.4. The molecule has 0 aromatic heterocycles. The highest BCUT2D eigenvalue weighted by Gasteiger charge is 2.66. The number of benzene rings is 3. The number of imide groups is 1. The van der Waals surface area contributed by atoms with Gasteiger partial charge in [-0.05, 0) is 69.1 Å². The van der Waals surface area contributed by atoms with Crippen molar-refractivity contribution in [1.82, 2.24) is 0 Å². The largest absolute Gasteiger partial charge is 0.274 e. The summed E-state index contributed by atoms with van der Waals surface area (Å²) in [4.78, 5) is 28.9. The zero-order chi connectivity index (χ0) is 19.9. The van der Waals surface area contributed by atoms with Gasteiger partial charge in [-0.1, -0.05) is 55.5 Å². The Morgan fingerprint density at radius 1 is 0.793 bits per heavy atom. The highest BCUT2D eigenvalue weighted by atomic mass is 127. The molecule has 4 heteroatoms. The molecular weight excluding hydrogens is 473 g/mol. The Hall–Kier alpha value is -2.47. The molecule has 1 saturated heterocycles. The van der Waals surface area contributed by atoms with E-state index in [-0.39, 0.29) is 29.6 Å². The quantitative estimate of drug-likeness (QED) is 0.360. The number of amides is 2. The van der Waals surface area contributed by atoms with E-state index in [1.54, 1.807) is 0 Å². The molecule has 3 aromatic rings. The molecule has 142 valence electrons. The zero-order valence-corrected chi connectivity index (χ0v) is 18.0. The molecule has 0 radical (unpaired) electrons. The van der Waals surface area contributed by atoms with Gasteiger partial charge < -0.3 is 0 Å². The maximum atomic E-state index is 13.8. The van der Waals surface area contributed by atoms with Gasteiger partial charge in [0.25, 0.3) is 0 Å². The number of hydrogen-bond donors (Lipinski definition) is 0. The van der Waals surface area contributed by atoms with E-state index in [0.717, 1.165) is 3.57 Å². The van der Waals surface area contributed by atoms with Crippen LogP contribution in [0.1, 0.15) is 35.1 Å². The fraction of sp³-hybridized carbons (Fsp3) is 0.200. The lowest BCUT2D eigenvalue weighted by atomic mass is 9.48. The van der Waals surface area contributed by atoms with Crippen LogP contribution in [0.3, 0.4) is 0 Å². The summed E-state index contributed by atoms with van der Waals surface area (Å²) in [5.74, 6) is -0.931. The lowest BCUT2D eigenvalue weighted by Gasteiger charge is -2.52. The first-order chi connectivity index (χ1) is 14.0. The van der Waals surface area contributed by atoms with E-state index in [1.165, 1.54) is 27.2 Å². The Bertz CT molecular complexity index is 1150. The van der Waals surface area contributed by atoms with Gasteiger partial charge in [-0.3, -0.25) is 9.59 Å². The van der Waals surface area contributed by atoms with Crippen LogP contribution < -0.4 is 4.90 Å². The van der Waals surface area contributed by atoms with Crippen molar-refractivity contribution in [3.05, 3.63) is 98.6 Å². The van der Waals surface area contributed by atoms with Gasteiger partial charge in [-0.25, -0.2) is 4.90 Å². The Kier molecular flexibility index (Phi) is 3.47. The minimum absolute atomic E-state index is 0.0681. The number of rotatable bonds is 1. The number of nitrogens with zero attached hydrogens (tertiary/aromatic N) is 1. The summed E-state index contributed by atoms with van der Waals surface area (Å²) >= 11 is 2.23. The van der Waals surface area contributed by atoms with Crippen LogP contribution in [-0.2, 0) is 15.0 Å². The van der Waals surface area contributed by atoms with Crippen LogP contribution in [0.5, 0.6) is 0 Å². The summed E-state index contributed by atoms with van der Waals surface area (Å²) in [6.07, 6.45) is 0. The van der Waals surface area contributed by atoms with E-state index in [9.17, 15) is 9.59 Å². The average molecular weight is 491 g/mol. The molecule has 1 heterocycles. The lowest BCUT2D eigenvalue weighted by molar-refractivity contribution is -0.123. The first-order valence-corrected chi connectivity index (χ1v) is 10.9. The van der Waals surface area contributed by atoms with Crippen LogP contribution in [0.2, 0.25) is 0 Å². The predicted molar refractivity (Wildman–Crippen MR) is 120 cm³/mol. The highest BCUT2D eigenvalue weighted by Crippen LogP contribution is 2.64. The highest BCUT2D eigenvalue weighted by molar-refractivity contribution is 14.1. The Morgan fingerprint density at radius 2 is 1.34 bits per heavy atom. The van der Waals surface area contributed by atoms with Gasteiger partial charge in [0, 0.05) is 14.9 Å². The minimum atomic E-state index is -0.503. The third kappa shape index (κ3) is 2.03. The van der Waals surface area contributed by atoms with E-state index in [2.05, 4.69) is 53.8 Å². The zero-order valence-electron chi connectivity index (χ0n) is 15.8. The van der Waals surface area contributed by atoms with Gasteiger partial charge in [-0.2, -0.15) is 0 Å². The number of carbonyl (C=O) groups excluding carboxylic acids is 2. The summed E-state index contributed by atoms with van der Waals surface area (Å²) in [5.41, 5.74) is 4.94. The maximum Gasteiger partial charge on any atom is 0.238 e. The monoisotopic (exact) mass is 491 g/mol. The molecule has 4 aliphatic rings. The van der Waals surface area contributed by atoms with E-state index >= 15 is 0 Å². The number of carbonyl (C=O) groups is 2. The Balaban J connectivity index is 1.61. The fourth-order valence-corrected chi connectivity index (χ4v) is 6.36. The molecule has 3 aromatic carbocycles. The van der Waals surface area contributed by atoms with Crippen molar-refractivity contribution in [3.8, 4) is 0 Å². The van der Waals surface area contributed by atoms with E-state index < -0.39 is 5.41 Å². The van der Waals surface area contributed by atoms with Crippen LogP contribution in [-0.4, -0.2) is 11.8 Å². The molecule has 0 spiro atoms. The molecule has 1 aliphatic heterocycles. The van der Waals surface area contributed by atoms with Gasteiger partial charge in [-0.15, -0.1) is 0 Å². The van der Waals surface area contributed by atoms with Gasteiger partial charge in [0.2, 0.25) is 11.8 Å². The van der Waals surface area contributed by atoms with Crippen LogP contribution in [0.25, 0.3) is 0 Å². The van der Waals surface area contributed by atoms with Crippen molar-refractivity contribution in [1.29, 1.82) is 0 Å². The van der Waals surface area contributed by atoms with Crippen molar-refractivity contribution in [3.63, 3.8) is 0 Å². The van der Waals surface area contributed by atoms with Crippen molar-refractivity contribution in [2.75, 3.05) is 4.90 Å². The summed E-state index contributed by atoms with van der Waals surface area (Å²) in [6.45, 7) is 2.15. The molecular formula is C25H18INO2. The smallest absolute Gasteiger partial charge is 0.238 e. The van der Waals surface area contributed by atoms with Crippen molar-refractivity contribution >= 4 is 40.1 Å². The SMILES string of the molecule is CC12c3ccccc3C(c3ccccc31)[C@@H]1C(=O)N(c3ccc(I)cc3)C(=O)[C@@H]12. The summed E-state index contributed by atoms with van der Waals surface area (Å²) in [5, 5.41) is 0. The lowest BCUT2D eigenvalue weighted by Crippen LogP contribution is -2.51. The van der Waals surface area contributed by atoms with Gasteiger partial charge in [0.1, 0.15) is 0 Å². The summed E-state index contributed by atoms with van der Waals surface area (Å²) < 4.78 is 1.08. The minimum Gasteiger partial charge on any atom is -0.274 e. The molecule has 7 rings (SSSR count). The fourth-order valence-electron chi connectivity index (χ4n) is 6.00. The third-order valence-corrected chi connectivity index (χ3v) is 7.85. The average Bonchev–Trinajstić information content (AvgIpc) is 3.01. The summed E-state index contributed by atoms with van der Waals surface area (Å²) in [7, 11) is 0. The summed E-state index contributed by atoms with van der Waals surface area (Å²) in [6, 6.07) is 24.3. The van der Waals surface area contributed by atoms with Crippen LogP contribution in [0.15, 0.2) is 72.8 Å². The van der Waals surface area contributed by atoms with E-state index in [0.29, 0.717) is 5.69 Å². The van der Waals surface area contributed by atoms with Crippen molar-refractivity contribution < 1.29 is 9.59 Å². The van der Waals surface area contributed by atoms with Gasteiger partial charge in [0.05, 0.1) is 17.5 Å². The Morgan fingerprint density at radius 3 is 1.93 bits per heavy atom. The normalized spacial score (nSPS) is 28.9. The molecule has 0 unspecified atom stereocenters. The molecule has 29 heavy (non-hydrogen) atoms. The third-order valence-electron chi connectivity index (χ3n) is 7.13. The van der Waals surface area contributed by atoms with Crippen molar-refractivity contribution in [2.24, 2.45) is 11.8 Å². The van der Waals surface area contributed by atoms with Crippen LogP contribution in [0, 0.1) is 15.4 Å². The number of anilines is 1. The first-order valence-electron chi connectivity index (χ1n) is 9.85. The van der Waals surface area contributed by atoms with E-state index in [4.69, 9.17) is 0 Å². The number of hydrogen-bond acceptors (Lipinski definition) is 2. The van der Waals surface area contributed by atoms with E-state index in [1.807, 2.05) is 48.5 Å². The Labute approximate surface area is 182 Å². The maximum absolute atomic E-state index is 13.8.